The first kappa shape index (κ1) is 25.3. The number of benzene rings is 3. The molecule has 3 aromatic carbocycles. The molecule has 1 unspecified atom stereocenters. The molecule has 0 aromatic heterocycles. The monoisotopic (exact) mass is 533 g/mol. The maximum Gasteiger partial charge on any atom is 0.417 e. The van der Waals surface area contributed by atoms with Crippen molar-refractivity contribution in [2.24, 2.45) is 0 Å². The average molecular weight is 534 g/mol. The fourth-order valence-electron chi connectivity index (χ4n) is 3.92. The van der Waals surface area contributed by atoms with Gasteiger partial charge in [-0.2, -0.15) is 18.4 Å². The van der Waals surface area contributed by atoms with E-state index < -0.39 is 50.2 Å². The van der Waals surface area contributed by atoms with Crippen LogP contribution in [0.2, 0.25) is 0 Å². The SMILES string of the molecule is N#Cc1ccc(N2C(=O)C(CS(=O)(=O)c3ccc(F)cc3)(c3ccccc3)NC2=S)cc1C(F)(F)F. The minimum absolute atomic E-state index is 0.204. The molecule has 0 saturated carbocycles. The van der Waals surface area contributed by atoms with Crippen LogP contribution in [0.15, 0.2) is 77.7 Å². The molecule has 6 nitrogen and oxygen atoms in total. The number of nitrogens with zero attached hydrogens (tertiary/aromatic N) is 2. The second-order valence-corrected chi connectivity index (χ2v) is 10.3. The van der Waals surface area contributed by atoms with Crippen LogP contribution in [0, 0.1) is 17.1 Å². The van der Waals surface area contributed by atoms with Gasteiger partial charge in [0.2, 0.25) is 0 Å². The Morgan fingerprint density at radius 3 is 2.25 bits per heavy atom. The summed E-state index contributed by atoms with van der Waals surface area (Å²) >= 11 is 5.27. The molecule has 1 aliphatic heterocycles. The van der Waals surface area contributed by atoms with Crippen LogP contribution in [-0.2, 0) is 26.3 Å². The van der Waals surface area contributed by atoms with Crippen molar-refractivity contribution >= 4 is 38.8 Å². The summed E-state index contributed by atoms with van der Waals surface area (Å²) < 4.78 is 80.5. The lowest BCUT2D eigenvalue weighted by molar-refractivity contribution is -0.137. The van der Waals surface area contributed by atoms with E-state index in [0.717, 1.165) is 41.3 Å². The van der Waals surface area contributed by atoms with Gasteiger partial charge in [0, 0.05) is 0 Å². The van der Waals surface area contributed by atoms with Crippen molar-refractivity contribution in [3.8, 4) is 6.07 Å². The van der Waals surface area contributed by atoms with Crippen LogP contribution < -0.4 is 10.2 Å². The number of hydrogen-bond donors (Lipinski definition) is 1. The summed E-state index contributed by atoms with van der Waals surface area (Å²) in [6, 6.07) is 15.8. The Labute approximate surface area is 208 Å². The lowest BCUT2D eigenvalue weighted by Gasteiger charge is -2.27. The van der Waals surface area contributed by atoms with E-state index >= 15 is 0 Å². The number of alkyl halides is 3. The first-order chi connectivity index (χ1) is 16.9. The fourth-order valence-corrected chi connectivity index (χ4v) is 5.93. The zero-order valence-corrected chi connectivity index (χ0v) is 19.7. The van der Waals surface area contributed by atoms with Crippen LogP contribution in [0.3, 0.4) is 0 Å². The van der Waals surface area contributed by atoms with Crippen LogP contribution >= 0.6 is 12.2 Å². The number of rotatable bonds is 5. The zero-order valence-electron chi connectivity index (χ0n) is 18.1. The summed E-state index contributed by atoms with van der Waals surface area (Å²) in [6.45, 7) is 0. The highest BCUT2D eigenvalue weighted by Gasteiger charge is 2.54. The van der Waals surface area contributed by atoms with Crippen LogP contribution in [0.5, 0.6) is 0 Å². The third-order valence-electron chi connectivity index (χ3n) is 5.62. The van der Waals surface area contributed by atoms with E-state index in [1.807, 2.05) is 0 Å². The summed E-state index contributed by atoms with van der Waals surface area (Å²) in [4.78, 5) is 14.3. The lowest BCUT2D eigenvalue weighted by atomic mass is 9.91. The molecule has 36 heavy (non-hydrogen) atoms. The first-order valence-electron chi connectivity index (χ1n) is 10.2. The molecule has 1 fully saturated rings. The second kappa shape index (κ2) is 9.00. The van der Waals surface area contributed by atoms with Gasteiger partial charge in [-0.3, -0.25) is 9.69 Å². The van der Waals surface area contributed by atoms with E-state index in [2.05, 4.69) is 5.32 Å². The zero-order chi connectivity index (χ0) is 26.3. The van der Waals surface area contributed by atoms with Crippen molar-refractivity contribution < 1.29 is 30.8 Å². The van der Waals surface area contributed by atoms with Gasteiger partial charge in [0.1, 0.15) is 5.82 Å². The van der Waals surface area contributed by atoms with Crippen LogP contribution in [0.1, 0.15) is 16.7 Å². The van der Waals surface area contributed by atoms with Crippen LogP contribution in [0.4, 0.5) is 23.2 Å². The number of thiocarbonyl (C=S) groups is 1. The predicted octanol–water partition coefficient (Wildman–Crippen LogP) is 4.31. The van der Waals surface area contributed by atoms with Gasteiger partial charge in [-0.05, 0) is 60.2 Å². The largest absolute Gasteiger partial charge is 0.417 e. The Hall–Kier alpha value is -3.82. The number of carbonyl (C=O) groups excluding carboxylic acids is 1. The first-order valence-corrected chi connectivity index (χ1v) is 12.3. The van der Waals surface area contributed by atoms with Gasteiger partial charge in [0.25, 0.3) is 5.91 Å². The molecule has 1 amide bonds. The highest BCUT2D eigenvalue weighted by atomic mass is 32.2. The summed E-state index contributed by atoms with van der Waals surface area (Å²) in [7, 11) is -4.23. The van der Waals surface area contributed by atoms with Crippen molar-refractivity contribution in [2.75, 3.05) is 10.7 Å². The number of anilines is 1. The molecule has 1 N–H and O–H groups in total. The molecule has 184 valence electrons. The maximum atomic E-state index is 13.8. The predicted molar refractivity (Wildman–Crippen MR) is 126 cm³/mol. The quantitative estimate of drug-likeness (QED) is 0.299. The number of sulfone groups is 1. The number of nitrogens with one attached hydrogen (secondary N) is 1. The highest BCUT2D eigenvalue weighted by molar-refractivity contribution is 7.91. The van der Waals surface area contributed by atoms with Gasteiger partial charge in [0.05, 0.1) is 33.5 Å². The Morgan fingerprint density at radius 2 is 1.67 bits per heavy atom. The molecule has 1 atom stereocenters. The van der Waals surface area contributed by atoms with E-state index in [1.54, 1.807) is 18.2 Å². The molecule has 0 spiro atoms. The molecule has 12 heteroatoms. The summed E-state index contributed by atoms with van der Waals surface area (Å²) in [5.41, 5.74) is -3.99. The normalized spacial score (nSPS) is 18.1. The molecule has 0 aliphatic carbocycles. The molecule has 3 aromatic rings. The van der Waals surface area contributed by atoms with Crippen molar-refractivity contribution in [1.82, 2.24) is 5.32 Å². The standard InChI is InChI=1S/C24H15F4N3O3S2/c25-17-7-10-19(11-8-17)36(33,34)14-23(16-4-2-1-3-5-16)21(32)31(22(35)30-23)18-9-6-15(13-29)20(12-18)24(26,27)28/h1-12H,14H2,(H,30,35). The van der Waals surface area contributed by atoms with E-state index in [4.69, 9.17) is 17.5 Å². The van der Waals surface area contributed by atoms with Crippen molar-refractivity contribution in [2.45, 2.75) is 16.6 Å². The Bertz CT molecular complexity index is 1500. The number of nitriles is 1. The average Bonchev–Trinajstić information content (AvgIpc) is 3.08. The van der Waals surface area contributed by atoms with E-state index in [9.17, 15) is 30.8 Å². The minimum Gasteiger partial charge on any atom is -0.343 e. The van der Waals surface area contributed by atoms with Crippen molar-refractivity contribution in [3.05, 3.63) is 95.3 Å². The topological polar surface area (TPSA) is 90.3 Å². The van der Waals surface area contributed by atoms with Crippen LogP contribution in [-0.4, -0.2) is 25.2 Å². The number of amides is 1. The minimum atomic E-state index is -4.89. The second-order valence-electron chi connectivity index (χ2n) is 7.89. The Balaban J connectivity index is 1.85. The number of carbonyl (C=O) groups is 1. The summed E-state index contributed by atoms with van der Waals surface area (Å²) in [5.74, 6) is -2.44. The van der Waals surface area contributed by atoms with Gasteiger partial charge in [-0.15, -0.1) is 0 Å². The molecule has 1 aliphatic rings. The Morgan fingerprint density at radius 1 is 1.03 bits per heavy atom. The highest BCUT2D eigenvalue weighted by Crippen LogP contribution is 2.39. The third-order valence-corrected chi connectivity index (χ3v) is 7.71. The van der Waals surface area contributed by atoms with E-state index in [1.165, 1.54) is 18.2 Å². The van der Waals surface area contributed by atoms with E-state index in [-0.39, 0.29) is 21.3 Å². The summed E-state index contributed by atoms with van der Waals surface area (Å²) in [5, 5.41) is 11.5. The van der Waals surface area contributed by atoms with Crippen LogP contribution in [0.25, 0.3) is 0 Å². The molecule has 1 heterocycles. The van der Waals surface area contributed by atoms with Gasteiger partial charge >= 0.3 is 6.18 Å². The summed E-state index contributed by atoms with van der Waals surface area (Å²) in [6.07, 6.45) is -4.89. The molecule has 0 radical (unpaired) electrons. The number of halogens is 4. The number of hydrogen-bond acceptors (Lipinski definition) is 5. The molecule has 1 saturated heterocycles. The van der Waals surface area contributed by atoms with Crippen molar-refractivity contribution in [3.63, 3.8) is 0 Å². The van der Waals surface area contributed by atoms with Gasteiger partial charge < -0.3 is 5.32 Å². The molecule has 0 bridgehead atoms. The Kier molecular flexibility index (Phi) is 6.32. The molecule has 4 rings (SSSR count). The molecular formula is C24H15F4N3O3S2. The smallest absolute Gasteiger partial charge is 0.343 e. The third kappa shape index (κ3) is 4.43. The van der Waals surface area contributed by atoms with Gasteiger partial charge in [0.15, 0.2) is 20.5 Å². The maximum absolute atomic E-state index is 13.8. The van der Waals surface area contributed by atoms with Crippen molar-refractivity contribution in [1.29, 1.82) is 5.26 Å². The van der Waals surface area contributed by atoms with Gasteiger partial charge in [-0.25, -0.2) is 12.8 Å². The lowest BCUT2D eigenvalue weighted by Crippen LogP contribution is -2.49. The van der Waals surface area contributed by atoms with E-state index in [0.29, 0.717) is 6.07 Å². The fraction of sp³-hybridized carbons (Fsp3) is 0.125. The molecular weight excluding hydrogens is 518 g/mol. The van der Waals surface area contributed by atoms with Gasteiger partial charge in [-0.1, -0.05) is 30.3 Å².